The summed E-state index contributed by atoms with van der Waals surface area (Å²) in [7, 11) is 1.90. The fourth-order valence-electron chi connectivity index (χ4n) is 2.83. The van der Waals surface area contributed by atoms with E-state index in [1.54, 1.807) is 0 Å². The van der Waals surface area contributed by atoms with Crippen LogP contribution in [0.2, 0.25) is 0 Å². The Kier molecular flexibility index (Phi) is 8.67. The minimum absolute atomic E-state index is 0. The summed E-state index contributed by atoms with van der Waals surface area (Å²) in [6.45, 7) is 5.59. The van der Waals surface area contributed by atoms with E-state index in [1.165, 1.54) is 32.1 Å². The molecular formula is C15H31ClN2O. The van der Waals surface area contributed by atoms with Gasteiger partial charge in [0, 0.05) is 20.0 Å². The van der Waals surface area contributed by atoms with Crippen molar-refractivity contribution in [2.24, 2.45) is 17.1 Å². The van der Waals surface area contributed by atoms with Gasteiger partial charge < -0.3 is 10.6 Å². The van der Waals surface area contributed by atoms with Crippen molar-refractivity contribution in [3.05, 3.63) is 0 Å². The number of nitrogens with zero attached hydrogens (tertiary/aromatic N) is 1. The molecule has 1 saturated carbocycles. The Bertz CT molecular complexity index is 263. The average Bonchev–Trinajstić information content (AvgIpc) is 2.81. The van der Waals surface area contributed by atoms with Gasteiger partial charge in [0.2, 0.25) is 5.91 Å². The average molecular weight is 291 g/mol. The Balaban J connectivity index is 0.00000324. The molecule has 1 aliphatic carbocycles. The summed E-state index contributed by atoms with van der Waals surface area (Å²) in [5, 5.41) is 0. The highest BCUT2D eigenvalue weighted by molar-refractivity contribution is 5.85. The van der Waals surface area contributed by atoms with Gasteiger partial charge in [-0.05, 0) is 30.7 Å². The quantitative estimate of drug-likeness (QED) is 0.782. The maximum Gasteiger partial charge on any atom is 0.222 e. The van der Waals surface area contributed by atoms with Crippen LogP contribution in [0.4, 0.5) is 0 Å². The minimum Gasteiger partial charge on any atom is -0.345 e. The van der Waals surface area contributed by atoms with Crippen molar-refractivity contribution in [2.45, 2.75) is 58.8 Å². The number of hydrogen-bond donors (Lipinski definition) is 1. The van der Waals surface area contributed by atoms with E-state index in [-0.39, 0.29) is 23.7 Å². The van der Waals surface area contributed by atoms with E-state index in [9.17, 15) is 4.79 Å². The van der Waals surface area contributed by atoms with Crippen LogP contribution in [-0.2, 0) is 4.79 Å². The van der Waals surface area contributed by atoms with E-state index in [2.05, 4.69) is 13.8 Å². The highest BCUT2D eigenvalue weighted by atomic mass is 35.5. The monoisotopic (exact) mass is 290 g/mol. The van der Waals surface area contributed by atoms with E-state index in [0.717, 1.165) is 18.9 Å². The molecule has 0 spiro atoms. The second kappa shape index (κ2) is 8.80. The zero-order chi connectivity index (χ0) is 13.6. The molecule has 1 fully saturated rings. The van der Waals surface area contributed by atoms with Gasteiger partial charge in [0.1, 0.15) is 0 Å². The Morgan fingerprint density at radius 2 is 1.89 bits per heavy atom. The van der Waals surface area contributed by atoms with Gasteiger partial charge >= 0.3 is 0 Å². The van der Waals surface area contributed by atoms with Crippen molar-refractivity contribution in [1.29, 1.82) is 0 Å². The van der Waals surface area contributed by atoms with Crippen molar-refractivity contribution in [1.82, 2.24) is 4.90 Å². The van der Waals surface area contributed by atoms with Gasteiger partial charge in [0.25, 0.3) is 0 Å². The molecule has 0 unspecified atom stereocenters. The van der Waals surface area contributed by atoms with E-state index in [4.69, 9.17) is 5.73 Å². The van der Waals surface area contributed by atoms with Crippen LogP contribution in [0.5, 0.6) is 0 Å². The standard InChI is InChI=1S/C15H30N2O.ClH/c1-15(2,11-16)12-17(3)14(18)10-6-9-13-7-4-5-8-13;/h13H,4-12,16H2,1-3H3;1H. The molecule has 0 heterocycles. The van der Waals surface area contributed by atoms with Crippen molar-refractivity contribution in [2.75, 3.05) is 20.1 Å². The molecule has 4 heteroatoms. The lowest BCUT2D eigenvalue weighted by molar-refractivity contribution is -0.131. The normalized spacial score (nSPS) is 16.2. The number of amides is 1. The molecule has 114 valence electrons. The Labute approximate surface area is 124 Å². The van der Waals surface area contributed by atoms with Gasteiger partial charge in [-0.2, -0.15) is 0 Å². The number of halogens is 1. The number of carbonyl (C=O) groups excluding carboxylic acids is 1. The first kappa shape index (κ1) is 18.7. The lowest BCUT2D eigenvalue weighted by Crippen LogP contribution is -2.39. The van der Waals surface area contributed by atoms with Gasteiger partial charge in [-0.1, -0.05) is 39.5 Å². The molecule has 0 aromatic rings. The topological polar surface area (TPSA) is 46.3 Å². The molecule has 1 rings (SSSR count). The molecule has 0 bridgehead atoms. The van der Waals surface area contributed by atoms with Crippen LogP contribution in [0, 0.1) is 11.3 Å². The maximum absolute atomic E-state index is 12.0. The summed E-state index contributed by atoms with van der Waals surface area (Å²) < 4.78 is 0. The molecule has 2 N–H and O–H groups in total. The molecule has 0 saturated heterocycles. The van der Waals surface area contributed by atoms with Crippen LogP contribution in [0.25, 0.3) is 0 Å². The molecule has 1 amide bonds. The maximum atomic E-state index is 12.0. The highest BCUT2D eigenvalue weighted by Gasteiger charge is 2.21. The largest absolute Gasteiger partial charge is 0.345 e. The lowest BCUT2D eigenvalue weighted by Gasteiger charge is -2.29. The molecule has 19 heavy (non-hydrogen) atoms. The molecule has 0 radical (unpaired) electrons. The van der Waals surface area contributed by atoms with Crippen molar-refractivity contribution in [3.8, 4) is 0 Å². The molecule has 0 aromatic carbocycles. The van der Waals surface area contributed by atoms with Crippen LogP contribution < -0.4 is 5.73 Å². The molecule has 1 aliphatic rings. The third-order valence-corrected chi connectivity index (χ3v) is 4.12. The fraction of sp³-hybridized carbons (Fsp3) is 0.933. The van der Waals surface area contributed by atoms with E-state index < -0.39 is 0 Å². The molecule has 0 aromatic heterocycles. The Morgan fingerprint density at radius 1 is 1.32 bits per heavy atom. The number of nitrogens with two attached hydrogens (primary N) is 1. The van der Waals surface area contributed by atoms with Crippen LogP contribution >= 0.6 is 12.4 Å². The van der Waals surface area contributed by atoms with E-state index in [0.29, 0.717) is 13.0 Å². The SMILES string of the molecule is CN(CC(C)(C)CN)C(=O)CCCC1CCCC1.Cl. The van der Waals surface area contributed by atoms with Gasteiger partial charge in [-0.25, -0.2) is 0 Å². The first-order chi connectivity index (χ1) is 8.44. The minimum atomic E-state index is 0. The van der Waals surface area contributed by atoms with Crippen LogP contribution in [0.3, 0.4) is 0 Å². The highest BCUT2D eigenvalue weighted by Crippen LogP contribution is 2.29. The predicted molar refractivity (Wildman–Crippen MR) is 83.5 cm³/mol. The summed E-state index contributed by atoms with van der Waals surface area (Å²) in [4.78, 5) is 13.8. The summed E-state index contributed by atoms with van der Waals surface area (Å²) in [5.74, 6) is 1.16. The molecule has 3 nitrogen and oxygen atoms in total. The van der Waals surface area contributed by atoms with Crippen LogP contribution in [0.1, 0.15) is 58.8 Å². The smallest absolute Gasteiger partial charge is 0.222 e. The van der Waals surface area contributed by atoms with Crippen molar-refractivity contribution >= 4 is 18.3 Å². The lowest BCUT2D eigenvalue weighted by atomic mass is 9.93. The van der Waals surface area contributed by atoms with E-state index in [1.807, 2.05) is 11.9 Å². The zero-order valence-electron chi connectivity index (χ0n) is 12.8. The van der Waals surface area contributed by atoms with Gasteiger partial charge in [0.15, 0.2) is 0 Å². The number of hydrogen-bond acceptors (Lipinski definition) is 2. The Hall–Kier alpha value is -0.280. The summed E-state index contributed by atoms with van der Waals surface area (Å²) in [6.07, 6.45) is 8.53. The van der Waals surface area contributed by atoms with Crippen LogP contribution in [-0.4, -0.2) is 30.9 Å². The predicted octanol–water partition coefficient (Wildman–Crippen LogP) is 3.21. The van der Waals surface area contributed by atoms with Crippen molar-refractivity contribution in [3.63, 3.8) is 0 Å². The fourth-order valence-corrected chi connectivity index (χ4v) is 2.83. The molecule has 0 aliphatic heterocycles. The van der Waals surface area contributed by atoms with Crippen LogP contribution in [0.15, 0.2) is 0 Å². The molecule has 0 atom stereocenters. The number of carbonyl (C=O) groups is 1. The summed E-state index contributed by atoms with van der Waals surface area (Å²) >= 11 is 0. The summed E-state index contributed by atoms with van der Waals surface area (Å²) in [5.41, 5.74) is 5.72. The number of rotatable bonds is 7. The zero-order valence-corrected chi connectivity index (χ0v) is 13.6. The second-order valence-corrected chi connectivity index (χ2v) is 6.66. The van der Waals surface area contributed by atoms with Gasteiger partial charge in [0.05, 0.1) is 0 Å². The second-order valence-electron chi connectivity index (χ2n) is 6.66. The van der Waals surface area contributed by atoms with Crippen molar-refractivity contribution < 1.29 is 4.79 Å². The Morgan fingerprint density at radius 3 is 2.42 bits per heavy atom. The van der Waals surface area contributed by atoms with Gasteiger partial charge in [-0.15, -0.1) is 12.4 Å². The third kappa shape index (κ3) is 7.17. The first-order valence-electron chi connectivity index (χ1n) is 7.38. The summed E-state index contributed by atoms with van der Waals surface area (Å²) in [6, 6.07) is 0. The van der Waals surface area contributed by atoms with Gasteiger partial charge in [-0.3, -0.25) is 4.79 Å². The van der Waals surface area contributed by atoms with E-state index >= 15 is 0 Å². The first-order valence-corrected chi connectivity index (χ1v) is 7.38. The molecular weight excluding hydrogens is 260 g/mol. The third-order valence-electron chi connectivity index (χ3n) is 4.12.